The Balaban J connectivity index is 2.21. The molecule has 150 valence electrons. The highest BCUT2D eigenvalue weighted by Crippen LogP contribution is 2.35. The Morgan fingerprint density at radius 1 is 0.931 bits per heavy atom. The van der Waals surface area contributed by atoms with Gasteiger partial charge in [0.25, 0.3) is 15.8 Å². The third kappa shape index (κ3) is 4.29. The molecule has 0 heterocycles. The number of nitro benzene ring substituents is 1. The van der Waals surface area contributed by atoms with Gasteiger partial charge in [0.05, 0.1) is 4.92 Å². The Morgan fingerprint density at radius 2 is 1.55 bits per heavy atom. The molecule has 0 bridgehead atoms. The van der Waals surface area contributed by atoms with Crippen LogP contribution in [0.25, 0.3) is 10.8 Å². The molecule has 0 aliphatic rings. The molecule has 12 heteroatoms. The molecular weight excluding hydrogens is 422 g/mol. The summed E-state index contributed by atoms with van der Waals surface area (Å²) in [6, 6.07) is 12.2. The molecule has 1 N–H and O–H groups in total. The van der Waals surface area contributed by atoms with E-state index in [1.54, 1.807) is 24.3 Å². The van der Waals surface area contributed by atoms with Crippen molar-refractivity contribution in [3.63, 3.8) is 0 Å². The lowest BCUT2D eigenvalue weighted by Gasteiger charge is -2.07. The van der Waals surface area contributed by atoms with E-state index in [0.29, 0.717) is 5.39 Å². The van der Waals surface area contributed by atoms with E-state index in [-0.39, 0.29) is 16.8 Å². The number of fused-ring (bicyclic) bond motifs is 1. The van der Waals surface area contributed by atoms with Crippen LogP contribution >= 0.6 is 0 Å². The molecule has 0 amide bonds. The molecule has 0 unspecified atom stereocenters. The zero-order valence-electron chi connectivity index (χ0n) is 14.8. The van der Waals surface area contributed by atoms with Crippen molar-refractivity contribution in [3.05, 3.63) is 64.7 Å². The van der Waals surface area contributed by atoms with Crippen LogP contribution in [0, 0.1) is 10.1 Å². The molecule has 0 atom stereocenters. The SMILES string of the molecule is CS(=O)(=O)c1cc([N+](=O)[O-])ccc1N=Nc1ccc2ccccc2c1S(=O)(=O)O. The highest BCUT2D eigenvalue weighted by atomic mass is 32.2. The smallest absolute Gasteiger partial charge is 0.282 e. The van der Waals surface area contributed by atoms with E-state index in [2.05, 4.69) is 10.2 Å². The molecule has 3 aromatic rings. The van der Waals surface area contributed by atoms with Gasteiger partial charge in [0, 0.05) is 23.8 Å². The van der Waals surface area contributed by atoms with E-state index >= 15 is 0 Å². The lowest BCUT2D eigenvalue weighted by atomic mass is 10.1. The van der Waals surface area contributed by atoms with Crippen molar-refractivity contribution >= 4 is 47.8 Å². The largest absolute Gasteiger partial charge is 0.297 e. The molecule has 0 aliphatic carbocycles. The summed E-state index contributed by atoms with van der Waals surface area (Å²) in [5, 5.41) is 19.2. The standard InChI is InChI=1S/C17H13N3O7S2/c1-28(23,24)16-10-12(20(21)22)7-9-14(16)18-19-15-8-6-11-4-2-3-5-13(11)17(15)29(25,26)27/h2-10H,1H3,(H,25,26,27). The molecule has 0 spiro atoms. The summed E-state index contributed by atoms with van der Waals surface area (Å²) in [6.07, 6.45) is 0.852. The van der Waals surface area contributed by atoms with Crippen molar-refractivity contribution in [1.82, 2.24) is 0 Å². The maximum absolute atomic E-state index is 12.0. The molecule has 0 saturated carbocycles. The Labute approximate surface area is 165 Å². The molecule has 0 aromatic heterocycles. The van der Waals surface area contributed by atoms with Crippen LogP contribution in [-0.4, -0.2) is 32.6 Å². The summed E-state index contributed by atoms with van der Waals surface area (Å²) in [6.45, 7) is 0. The van der Waals surface area contributed by atoms with Gasteiger partial charge < -0.3 is 0 Å². The van der Waals surface area contributed by atoms with Gasteiger partial charge in [0.2, 0.25) is 0 Å². The molecule has 0 fully saturated rings. The van der Waals surface area contributed by atoms with Crippen LogP contribution < -0.4 is 0 Å². The molecule has 0 radical (unpaired) electrons. The normalized spacial score (nSPS) is 12.5. The minimum absolute atomic E-state index is 0.207. The van der Waals surface area contributed by atoms with Gasteiger partial charge in [-0.25, -0.2) is 8.42 Å². The van der Waals surface area contributed by atoms with E-state index in [9.17, 15) is 31.5 Å². The Hall–Kier alpha value is -3.22. The third-order valence-corrected chi connectivity index (χ3v) is 6.01. The van der Waals surface area contributed by atoms with Crippen LogP contribution in [0.4, 0.5) is 17.1 Å². The average molecular weight is 435 g/mol. The summed E-state index contributed by atoms with van der Waals surface area (Å²) in [7, 11) is -8.58. The van der Waals surface area contributed by atoms with Gasteiger partial charge >= 0.3 is 0 Å². The third-order valence-electron chi connectivity index (χ3n) is 3.94. The second kappa shape index (κ2) is 7.31. The van der Waals surface area contributed by atoms with Crippen molar-refractivity contribution in [3.8, 4) is 0 Å². The van der Waals surface area contributed by atoms with Crippen LogP contribution in [0.5, 0.6) is 0 Å². The van der Waals surface area contributed by atoms with Crippen LogP contribution in [-0.2, 0) is 20.0 Å². The summed E-state index contributed by atoms with van der Waals surface area (Å²) >= 11 is 0. The number of hydrogen-bond acceptors (Lipinski definition) is 8. The van der Waals surface area contributed by atoms with Gasteiger partial charge in [0.15, 0.2) is 9.84 Å². The lowest BCUT2D eigenvalue weighted by Crippen LogP contribution is -2.00. The average Bonchev–Trinajstić information content (AvgIpc) is 2.63. The number of sulfone groups is 1. The fourth-order valence-electron chi connectivity index (χ4n) is 2.69. The van der Waals surface area contributed by atoms with Crippen molar-refractivity contribution in [1.29, 1.82) is 0 Å². The van der Waals surface area contributed by atoms with Crippen molar-refractivity contribution in [2.24, 2.45) is 10.2 Å². The van der Waals surface area contributed by atoms with Crippen LogP contribution in [0.3, 0.4) is 0 Å². The first-order valence-corrected chi connectivity index (χ1v) is 11.2. The Morgan fingerprint density at radius 3 is 2.17 bits per heavy atom. The number of hydrogen-bond donors (Lipinski definition) is 1. The van der Waals surface area contributed by atoms with Crippen molar-refractivity contribution in [2.45, 2.75) is 9.79 Å². The van der Waals surface area contributed by atoms with Gasteiger partial charge in [-0.15, -0.1) is 10.2 Å². The highest BCUT2D eigenvalue weighted by Gasteiger charge is 2.21. The summed E-state index contributed by atoms with van der Waals surface area (Å²) in [5.41, 5.74) is -0.884. The van der Waals surface area contributed by atoms with Crippen molar-refractivity contribution in [2.75, 3.05) is 6.26 Å². The number of rotatable bonds is 5. The predicted octanol–water partition coefficient (Wildman–Crippen LogP) is 3.81. The summed E-state index contributed by atoms with van der Waals surface area (Å²) in [4.78, 5) is 9.23. The number of azo groups is 1. The Kier molecular flexibility index (Phi) is 5.17. The predicted molar refractivity (Wildman–Crippen MR) is 104 cm³/mol. The first kappa shape index (κ1) is 20.5. The number of nitro groups is 1. The molecular formula is C17H13N3O7S2. The molecule has 3 rings (SSSR count). The topological polar surface area (TPSA) is 156 Å². The van der Waals surface area contributed by atoms with E-state index in [1.807, 2.05) is 0 Å². The highest BCUT2D eigenvalue weighted by molar-refractivity contribution is 7.90. The van der Waals surface area contributed by atoms with E-state index in [0.717, 1.165) is 24.5 Å². The second-order valence-corrected chi connectivity index (χ2v) is 9.33. The van der Waals surface area contributed by atoms with Gasteiger partial charge in [-0.1, -0.05) is 30.3 Å². The van der Waals surface area contributed by atoms with Crippen molar-refractivity contribution < 1.29 is 26.3 Å². The molecule has 3 aromatic carbocycles. The molecule has 29 heavy (non-hydrogen) atoms. The van der Waals surface area contributed by atoms with Gasteiger partial charge in [0.1, 0.15) is 21.2 Å². The first-order chi connectivity index (χ1) is 13.5. The minimum atomic E-state index is -4.68. The van der Waals surface area contributed by atoms with Gasteiger partial charge in [-0.3, -0.25) is 14.7 Å². The zero-order valence-corrected chi connectivity index (χ0v) is 16.4. The van der Waals surface area contributed by atoms with E-state index in [1.165, 1.54) is 12.1 Å². The monoisotopic (exact) mass is 435 g/mol. The van der Waals surface area contributed by atoms with E-state index in [4.69, 9.17) is 0 Å². The van der Waals surface area contributed by atoms with Crippen LogP contribution in [0.2, 0.25) is 0 Å². The fourth-order valence-corrected chi connectivity index (χ4v) is 4.35. The summed E-state index contributed by atoms with van der Waals surface area (Å²) < 4.78 is 57.4. The Bertz CT molecular complexity index is 1380. The maximum atomic E-state index is 12.0. The van der Waals surface area contributed by atoms with Crippen LogP contribution in [0.15, 0.2) is 74.6 Å². The summed E-state index contributed by atoms with van der Waals surface area (Å²) in [5.74, 6) is 0. The quantitative estimate of drug-likeness (QED) is 0.276. The number of nitrogens with zero attached hydrogens (tertiary/aromatic N) is 3. The molecule has 0 aliphatic heterocycles. The molecule has 10 nitrogen and oxygen atoms in total. The molecule has 0 saturated heterocycles. The lowest BCUT2D eigenvalue weighted by molar-refractivity contribution is -0.385. The number of benzene rings is 3. The minimum Gasteiger partial charge on any atom is -0.282 e. The van der Waals surface area contributed by atoms with E-state index < -0.39 is 40.4 Å². The van der Waals surface area contributed by atoms with Gasteiger partial charge in [-0.05, 0) is 17.5 Å². The zero-order chi connectivity index (χ0) is 21.4. The number of non-ortho nitro benzene ring substituents is 1. The van der Waals surface area contributed by atoms with Crippen LogP contribution in [0.1, 0.15) is 0 Å². The first-order valence-electron chi connectivity index (χ1n) is 7.88. The second-order valence-electron chi connectivity index (χ2n) is 5.99. The van der Waals surface area contributed by atoms with Gasteiger partial charge in [-0.2, -0.15) is 8.42 Å². The fraction of sp³-hybridized carbons (Fsp3) is 0.0588. The maximum Gasteiger partial charge on any atom is 0.297 e.